The number of halogens is 3. The minimum atomic E-state index is -4.52. The van der Waals surface area contributed by atoms with Crippen molar-refractivity contribution >= 4 is 28.5 Å². The Hall–Kier alpha value is -2.62. The molecular weight excluding hydrogens is 383 g/mol. The highest BCUT2D eigenvalue weighted by Crippen LogP contribution is 2.31. The van der Waals surface area contributed by atoms with Crippen LogP contribution in [0.25, 0.3) is 0 Å². The number of benzene rings is 1. The molecule has 2 aromatic rings. The number of aromatic nitrogens is 1. The van der Waals surface area contributed by atoms with Crippen LogP contribution in [0.1, 0.15) is 33.4 Å². The molecule has 10 heteroatoms. The lowest BCUT2D eigenvalue weighted by molar-refractivity contribution is -0.137. The Morgan fingerprint density at radius 1 is 1.37 bits per heavy atom. The fraction of sp³-hybridized carbons (Fsp3) is 0.353. The maximum atomic E-state index is 12.8. The lowest BCUT2D eigenvalue weighted by Crippen LogP contribution is -2.35. The van der Waals surface area contributed by atoms with Crippen LogP contribution in [0.4, 0.5) is 23.1 Å². The predicted octanol–water partition coefficient (Wildman–Crippen LogP) is 3.93. The Kier molecular flexibility index (Phi) is 5.36. The summed E-state index contributed by atoms with van der Waals surface area (Å²) in [6.45, 7) is 2.78. The summed E-state index contributed by atoms with van der Waals surface area (Å²) in [6, 6.07) is 4.19. The second kappa shape index (κ2) is 7.55. The maximum absolute atomic E-state index is 12.8. The van der Waals surface area contributed by atoms with Crippen molar-refractivity contribution in [3.05, 3.63) is 46.0 Å². The average Bonchev–Trinajstić information content (AvgIpc) is 3.02. The van der Waals surface area contributed by atoms with E-state index < -0.39 is 23.7 Å². The number of nitrogens with zero attached hydrogens (tertiary/aromatic N) is 2. The topological polar surface area (TPSA) is 71.5 Å². The second-order valence-corrected chi connectivity index (χ2v) is 6.88. The highest BCUT2D eigenvalue weighted by atomic mass is 32.1. The third kappa shape index (κ3) is 4.38. The fourth-order valence-electron chi connectivity index (χ4n) is 2.63. The zero-order valence-corrected chi connectivity index (χ0v) is 15.1. The summed E-state index contributed by atoms with van der Waals surface area (Å²) < 4.78 is 43.3. The molecule has 1 aliphatic heterocycles. The number of carbonyl (C=O) groups is 2. The average molecular weight is 399 g/mol. The van der Waals surface area contributed by atoms with Gasteiger partial charge >= 0.3 is 12.3 Å². The van der Waals surface area contributed by atoms with Gasteiger partial charge in [-0.3, -0.25) is 10.1 Å². The summed E-state index contributed by atoms with van der Waals surface area (Å²) in [6.07, 6.45) is -4.41. The second-order valence-electron chi connectivity index (χ2n) is 5.79. The molecule has 1 aliphatic rings. The summed E-state index contributed by atoms with van der Waals surface area (Å²) in [5.74, 6) is -0.672. The largest absolute Gasteiger partial charge is 0.450 e. The van der Waals surface area contributed by atoms with Gasteiger partial charge in [-0.05, 0) is 25.1 Å². The number of fused-ring (bicyclic) bond motifs is 1. The van der Waals surface area contributed by atoms with Gasteiger partial charge in [0.1, 0.15) is 0 Å². The van der Waals surface area contributed by atoms with Crippen molar-refractivity contribution < 1.29 is 27.5 Å². The van der Waals surface area contributed by atoms with Gasteiger partial charge in [0.15, 0.2) is 5.13 Å². The van der Waals surface area contributed by atoms with Gasteiger partial charge in [-0.15, -0.1) is 0 Å². The van der Waals surface area contributed by atoms with E-state index in [1.165, 1.54) is 23.5 Å². The van der Waals surface area contributed by atoms with Gasteiger partial charge in [0.25, 0.3) is 5.91 Å². The number of rotatable bonds is 3. The molecule has 1 aromatic carbocycles. The molecule has 3 rings (SSSR count). The molecule has 0 bridgehead atoms. The quantitative estimate of drug-likeness (QED) is 0.849. The molecule has 27 heavy (non-hydrogen) atoms. The first-order valence-corrected chi connectivity index (χ1v) is 8.98. The summed E-state index contributed by atoms with van der Waals surface area (Å²) in [5, 5.41) is 2.82. The predicted molar refractivity (Wildman–Crippen MR) is 92.6 cm³/mol. The van der Waals surface area contributed by atoms with Crippen molar-refractivity contribution in [2.45, 2.75) is 26.1 Å². The number of nitrogens with one attached hydrogen (secondary N) is 1. The summed E-state index contributed by atoms with van der Waals surface area (Å²) >= 11 is 1.19. The maximum Gasteiger partial charge on any atom is 0.416 e. The van der Waals surface area contributed by atoms with E-state index in [9.17, 15) is 22.8 Å². The Balaban J connectivity index is 1.71. The Morgan fingerprint density at radius 3 is 2.85 bits per heavy atom. The zero-order valence-electron chi connectivity index (χ0n) is 14.3. The zero-order chi connectivity index (χ0) is 19.6. The molecule has 0 fully saturated rings. The van der Waals surface area contributed by atoms with Crippen LogP contribution in [0.3, 0.4) is 0 Å². The fourth-order valence-corrected chi connectivity index (χ4v) is 3.64. The molecule has 1 N–H and O–H groups in total. The SMILES string of the molecule is CCOC(=O)N1CCc2nc(NC(=O)c3cccc(C(F)(F)F)c3)sc2C1. The molecule has 2 amide bonds. The first kappa shape index (κ1) is 19.2. The number of anilines is 1. The van der Waals surface area contributed by atoms with Crippen LogP contribution < -0.4 is 5.32 Å². The van der Waals surface area contributed by atoms with Crippen molar-refractivity contribution in [1.82, 2.24) is 9.88 Å². The lowest BCUT2D eigenvalue weighted by atomic mass is 10.1. The van der Waals surface area contributed by atoms with E-state index in [0.29, 0.717) is 19.5 Å². The molecule has 6 nitrogen and oxygen atoms in total. The molecule has 0 spiro atoms. The number of amides is 2. The Labute approximate surface area is 157 Å². The van der Waals surface area contributed by atoms with Crippen molar-refractivity contribution in [1.29, 1.82) is 0 Å². The first-order valence-electron chi connectivity index (χ1n) is 8.17. The van der Waals surface area contributed by atoms with Gasteiger partial charge < -0.3 is 9.64 Å². The monoisotopic (exact) mass is 399 g/mol. The Morgan fingerprint density at radius 2 is 2.15 bits per heavy atom. The van der Waals surface area contributed by atoms with Crippen LogP contribution in [-0.4, -0.2) is 35.0 Å². The first-order chi connectivity index (χ1) is 12.8. The van der Waals surface area contributed by atoms with Crippen LogP contribution in [-0.2, 0) is 23.9 Å². The molecule has 2 heterocycles. The number of thiazole rings is 1. The molecule has 0 unspecified atom stereocenters. The van der Waals surface area contributed by atoms with E-state index in [1.807, 2.05) is 0 Å². The summed E-state index contributed by atoms with van der Waals surface area (Å²) in [4.78, 5) is 30.8. The van der Waals surface area contributed by atoms with E-state index in [2.05, 4.69) is 10.3 Å². The van der Waals surface area contributed by atoms with E-state index in [-0.39, 0.29) is 17.3 Å². The van der Waals surface area contributed by atoms with Crippen LogP contribution in [0.15, 0.2) is 24.3 Å². The third-order valence-corrected chi connectivity index (χ3v) is 4.93. The van der Waals surface area contributed by atoms with E-state index in [1.54, 1.807) is 11.8 Å². The highest BCUT2D eigenvalue weighted by molar-refractivity contribution is 7.15. The van der Waals surface area contributed by atoms with Crippen LogP contribution in [0.5, 0.6) is 0 Å². The molecule has 0 radical (unpaired) electrons. The van der Waals surface area contributed by atoms with Gasteiger partial charge in [0.2, 0.25) is 0 Å². The number of ether oxygens (including phenoxy) is 1. The van der Waals surface area contributed by atoms with Crippen molar-refractivity contribution in [3.63, 3.8) is 0 Å². The van der Waals surface area contributed by atoms with Crippen LogP contribution in [0, 0.1) is 0 Å². The Bertz CT molecular complexity index is 867. The lowest BCUT2D eigenvalue weighted by Gasteiger charge is -2.24. The van der Waals surface area contributed by atoms with E-state index in [0.717, 1.165) is 22.7 Å². The van der Waals surface area contributed by atoms with Gasteiger partial charge in [-0.1, -0.05) is 17.4 Å². The summed E-state index contributed by atoms with van der Waals surface area (Å²) in [5.41, 5.74) is -0.232. The van der Waals surface area contributed by atoms with Crippen molar-refractivity contribution in [2.24, 2.45) is 0 Å². The highest BCUT2D eigenvalue weighted by Gasteiger charge is 2.31. The molecular formula is C17H16F3N3O3S. The van der Waals surface area contributed by atoms with Gasteiger partial charge in [-0.25, -0.2) is 9.78 Å². The van der Waals surface area contributed by atoms with Gasteiger partial charge in [-0.2, -0.15) is 13.2 Å². The van der Waals surface area contributed by atoms with Gasteiger partial charge in [0.05, 0.1) is 24.4 Å². The normalized spacial score (nSPS) is 13.9. The minimum absolute atomic E-state index is 0.105. The standard InChI is InChI=1S/C17H16F3N3O3S/c1-2-26-16(25)23-7-6-12-13(9-23)27-15(21-12)22-14(24)10-4-3-5-11(8-10)17(18,19)20/h3-5,8H,2,6-7,9H2,1H3,(H,21,22,24). The van der Waals surface area contributed by atoms with Crippen molar-refractivity contribution in [2.75, 3.05) is 18.5 Å². The van der Waals surface area contributed by atoms with E-state index in [4.69, 9.17) is 4.74 Å². The number of carbonyl (C=O) groups excluding carboxylic acids is 2. The van der Waals surface area contributed by atoms with Crippen molar-refractivity contribution in [3.8, 4) is 0 Å². The number of hydrogen-bond donors (Lipinski definition) is 1. The third-order valence-electron chi connectivity index (χ3n) is 3.93. The summed E-state index contributed by atoms with van der Waals surface area (Å²) in [7, 11) is 0. The number of alkyl halides is 3. The minimum Gasteiger partial charge on any atom is -0.450 e. The smallest absolute Gasteiger partial charge is 0.416 e. The van der Waals surface area contributed by atoms with E-state index >= 15 is 0 Å². The molecule has 0 saturated carbocycles. The van der Waals surface area contributed by atoms with Crippen LogP contribution >= 0.6 is 11.3 Å². The van der Waals surface area contributed by atoms with Crippen LogP contribution in [0.2, 0.25) is 0 Å². The van der Waals surface area contributed by atoms with Gasteiger partial charge in [0, 0.05) is 23.4 Å². The molecule has 0 atom stereocenters. The molecule has 0 saturated heterocycles. The number of hydrogen-bond acceptors (Lipinski definition) is 5. The molecule has 144 valence electrons. The molecule has 1 aromatic heterocycles. The molecule has 0 aliphatic carbocycles.